The molecule has 5 atom stereocenters. The Labute approximate surface area is 581 Å². The number of aliphatic hydroxyl groups is 1. The first kappa shape index (κ1) is 93.1. The molecule has 0 aromatic heterocycles. The van der Waals surface area contributed by atoms with E-state index in [1.54, 1.807) is 0 Å². The van der Waals surface area contributed by atoms with E-state index in [1.807, 2.05) is 0 Å². The number of hydrogen-bond donors (Lipinski definition) is 3. The third kappa shape index (κ3) is 70.3. The van der Waals surface area contributed by atoms with E-state index in [-0.39, 0.29) is 25.7 Å². The Kier molecular flexibility index (Phi) is 69.1. The standard InChI is InChI=1S/C76H148O17P2/c1-5-9-13-17-21-25-29-31-32-33-34-35-36-37-39-43-47-51-55-59-63-76(81)93-72(67-87-74(79)61-57-53-49-45-42-38-30-26-22-18-14-10-6-2)69-91-95(84,85)89-65-70(77)64-88-94(82,83)90-68-71(92-75(80)62-58-54-50-46-41-28-24-20-16-12-8-4)66-86-73(78)60-56-52-48-44-40-27-23-19-15-11-7-3/h70-72,77H,5-69H2,1-4H3,(H,82,83)(H,84,85)/t70-,71+,72+/m0/s1. The molecule has 17 nitrogen and oxygen atoms in total. The second kappa shape index (κ2) is 70.5. The van der Waals surface area contributed by atoms with Crippen LogP contribution < -0.4 is 0 Å². The lowest BCUT2D eigenvalue weighted by molar-refractivity contribution is -0.161. The summed E-state index contributed by atoms with van der Waals surface area (Å²) in [5, 5.41) is 10.6. The molecule has 0 saturated carbocycles. The molecule has 0 bridgehead atoms. The van der Waals surface area contributed by atoms with Crippen LogP contribution in [-0.4, -0.2) is 96.7 Å². The fourth-order valence-electron chi connectivity index (χ4n) is 11.8. The molecule has 0 spiro atoms. The minimum atomic E-state index is -4.96. The zero-order valence-corrected chi connectivity index (χ0v) is 63.4. The lowest BCUT2D eigenvalue weighted by Gasteiger charge is -2.21. The Bertz CT molecular complexity index is 1810. The number of aliphatic hydroxyl groups excluding tert-OH is 1. The van der Waals surface area contributed by atoms with Gasteiger partial charge in [-0.1, -0.05) is 355 Å². The summed E-state index contributed by atoms with van der Waals surface area (Å²) in [6.45, 7) is 4.98. The maximum absolute atomic E-state index is 13.1. The average molecular weight is 1400 g/mol. The van der Waals surface area contributed by atoms with Crippen LogP contribution in [0.3, 0.4) is 0 Å². The molecule has 0 radical (unpaired) electrons. The summed E-state index contributed by atoms with van der Waals surface area (Å²) in [5.74, 6) is -2.11. The van der Waals surface area contributed by atoms with Crippen LogP contribution in [0.5, 0.6) is 0 Å². The van der Waals surface area contributed by atoms with E-state index in [9.17, 15) is 43.2 Å². The topological polar surface area (TPSA) is 237 Å². The van der Waals surface area contributed by atoms with Gasteiger partial charge in [0.15, 0.2) is 12.2 Å². The summed E-state index contributed by atoms with van der Waals surface area (Å²) < 4.78 is 68.5. The molecule has 0 aliphatic carbocycles. The number of rotatable bonds is 77. The van der Waals surface area contributed by atoms with Gasteiger partial charge in [0, 0.05) is 25.7 Å². The Morgan fingerprint density at radius 2 is 0.421 bits per heavy atom. The molecule has 0 heterocycles. The number of carbonyl (C=O) groups is 4. The fraction of sp³-hybridized carbons (Fsp3) is 0.947. The number of phosphoric acid groups is 2. The highest BCUT2D eigenvalue weighted by Crippen LogP contribution is 2.45. The Morgan fingerprint density at radius 1 is 0.253 bits per heavy atom. The van der Waals surface area contributed by atoms with Gasteiger partial charge >= 0.3 is 39.5 Å². The first-order chi connectivity index (χ1) is 46.2. The summed E-state index contributed by atoms with van der Waals surface area (Å²) in [4.78, 5) is 72.8. The van der Waals surface area contributed by atoms with Crippen molar-refractivity contribution in [3.8, 4) is 0 Å². The lowest BCUT2D eigenvalue weighted by atomic mass is 10.0. The third-order valence-corrected chi connectivity index (χ3v) is 19.8. The maximum Gasteiger partial charge on any atom is 0.472 e. The largest absolute Gasteiger partial charge is 0.472 e. The molecular weight excluding hydrogens is 1250 g/mol. The van der Waals surface area contributed by atoms with E-state index in [2.05, 4.69) is 27.7 Å². The lowest BCUT2D eigenvalue weighted by Crippen LogP contribution is -2.30. The zero-order chi connectivity index (χ0) is 69.7. The fourth-order valence-corrected chi connectivity index (χ4v) is 13.3. The van der Waals surface area contributed by atoms with Crippen molar-refractivity contribution in [1.82, 2.24) is 0 Å². The van der Waals surface area contributed by atoms with Crippen LogP contribution in [0.15, 0.2) is 0 Å². The van der Waals surface area contributed by atoms with Crippen LogP contribution in [0.2, 0.25) is 0 Å². The van der Waals surface area contributed by atoms with Gasteiger partial charge in [0.25, 0.3) is 0 Å². The van der Waals surface area contributed by atoms with Gasteiger partial charge in [0.05, 0.1) is 26.4 Å². The highest BCUT2D eigenvalue weighted by molar-refractivity contribution is 7.47. The van der Waals surface area contributed by atoms with Crippen LogP contribution in [0.4, 0.5) is 0 Å². The molecule has 0 saturated heterocycles. The van der Waals surface area contributed by atoms with Crippen LogP contribution in [0.25, 0.3) is 0 Å². The zero-order valence-electron chi connectivity index (χ0n) is 61.6. The van der Waals surface area contributed by atoms with Crippen molar-refractivity contribution in [2.45, 2.75) is 425 Å². The monoisotopic (exact) mass is 1400 g/mol. The van der Waals surface area contributed by atoms with Gasteiger partial charge < -0.3 is 33.8 Å². The van der Waals surface area contributed by atoms with Gasteiger partial charge in [0.1, 0.15) is 19.3 Å². The summed E-state index contributed by atoms with van der Waals surface area (Å²) in [6.07, 6.45) is 60.9. The van der Waals surface area contributed by atoms with Crippen molar-refractivity contribution in [2.75, 3.05) is 39.6 Å². The van der Waals surface area contributed by atoms with E-state index in [1.165, 1.54) is 238 Å². The molecule has 0 fully saturated rings. The molecule has 2 unspecified atom stereocenters. The average Bonchev–Trinajstić information content (AvgIpc) is 1.33. The van der Waals surface area contributed by atoms with Gasteiger partial charge in [-0.05, 0) is 25.7 Å². The number of carbonyl (C=O) groups excluding carboxylic acids is 4. The Hall–Kier alpha value is -1.94. The molecule has 564 valence electrons. The first-order valence-corrected chi connectivity index (χ1v) is 42.8. The first-order valence-electron chi connectivity index (χ1n) is 39.8. The van der Waals surface area contributed by atoms with Crippen LogP contribution in [-0.2, 0) is 65.4 Å². The van der Waals surface area contributed by atoms with Crippen molar-refractivity contribution < 1.29 is 80.2 Å². The minimum absolute atomic E-state index is 0.108. The smallest absolute Gasteiger partial charge is 0.462 e. The SMILES string of the molecule is CCCCCCCCCCCCCCCCCCCCCCC(=O)O[C@H](COC(=O)CCCCCCCCCCCCCCC)COP(=O)(O)OC[C@@H](O)COP(=O)(O)OC[C@@H](COC(=O)CCCCCCCCCCCCC)OC(=O)CCCCCCCCCCCCC. The summed E-state index contributed by atoms with van der Waals surface area (Å²) in [6, 6.07) is 0. The normalized spacial score (nSPS) is 13.9. The van der Waals surface area contributed by atoms with Gasteiger partial charge in [-0.3, -0.25) is 37.3 Å². The van der Waals surface area contributed by atoms with Crippen LogP contribution >= 0.6 is 15.6 Å². The quantitative estimate of drug-likeness (QED) is 0.0222. The molecule has 95 heavy (non-hydrogen) atoms. The van der Waals surface area contributed by atoms with Crippen molar-refractivity contribution in [2.24, 2.45) is 0 Å². The second-order valence-corrected chi connectivity index (χ2v) is 30.3. The van der Waals surface area contributed by atoms with E-state index >= 15 is 0 Å². The summed E-state index contributed by atoms with van der Waals surface area (Å²) >= 11 is 0. The molecule has 3 N–H and O–H groups in total. The molecule has 0 rings (SSSR count). The van der Waals surface area contributed by atoms with Crippen molar-refractivity contribution in [1.29, 1.82) is 0 Å². The van der Waals surface area contributed by atoms with Gasteiger partial charge in [-0.25, -0.2) is 9.13 Å². The maximum atomic E-state index is 13.1. The van der Waals surface area contributed by atoms with Gasteiger partial charge in [-0.2, -0.15) is 0 Å². The Balaban J connectivity index is 5.20. The molecule has 0 aromatic rings. The van der Waals surface area contributed by atoms with E-state index < -0.39 is 97.5 Å². The van der Waals surface area contributed by atoms with E-state index in [0.29, 0.717) is 25.7 Å². The van der Waals surface area contributed by atoms with E-state index in [0.717, 1.165) is 89.9 Å². The predicted octanol–water partition coefficient (Wildman–Crippen LogP) is 22.6. The van der Waals surface area contributed by atoms with Crippen molar-refractivity contribution in [3.63, 3.8) is 0 Å². The van der Waals surface area contributed by atoms with Crippen molar-refractivity contribution in [3.05, 3.63) is 0 Å². The Morgan fingerprint density at radius 3 is 0.621 bits per heavy atom. The van der Waals surface area contributed by atoms with Crippen LogP contribution in [0.1, 0.15) is 407 Å². The number of ether oxygens (including phenoxy) is 4. The minimum Gasteiger partial charge on any atom is -0.462 e. The third-order valence-electron chi connectivity index (χ3n) is 17.9. The van der Waals surface area contributed by atoms with Crippen molar-refractivity contribution >= 4 is 39.5 Å². The number of esters is 4. The van der Waals surface area contributed by atoms with Gasteiger partial charge in [0.2, 0.25) is 0 Å². The number of unbranched alkanes of at least 4 members (excludes halogenated alkanes) is 51. The summed E-state index contributed by atoms with van der Waals surface area (Å²) in [5.41, 5.74) is 0. The molecule has 0 aliphatic heterocycles. The summed E-state index contributed by atoms with van der Waals surface area (Å²) in [7, 11) is -9.91. The molecule has 19 heteroatoms. The molecule has 0 amide bonds. The molecule has 0 aromatic carbocycles. The van der Waals surface area contributed by atoms with Crippen LogP contribution in [0, 0.1) is 0 Å². The number of phosphoric ester groups is 2. The predicted molar refractivity (Wildman–Crippen MR) is 386 cm³/mol. The second-order valence-electron chi connectivity index (χ2n) is 27.4. The highest BCUT2D eigenvalue weighted by atomic mass is 31.2. The van der Waals surface area contributed by atoms with Gasteiger partial charge in [-0.15, -0.1) is 0 Å². The highest BCUT2D eigenvalue weighted by Gasteiger charge is 2.30. The molecular formula is C76H148O17P2. The number of hydrogen-bond acceptors (Lipinski definition) is 15. The van der Waals surface area contributed by atoms with E-state index in [4.69, 9.17) is 37.0 Å². The molecule has 0 aliphatic rings.